The lowest BCUT2D eigenvalue weighted by Crippen LogP contribution is -2.69. The molecular weight excluding hydrogens is 256 g/mol. The van der Waals surface area contributed by atoms with Gasteiger partial charge in [-0.05, 0) is 38.5 Å². The van der Waals surface area contributed by atoms with E-state index in [1.807, 2.05) is 0 Å². The molecule has 0 radical (unpaired) electrons. The quantitative estimate of drug-likeness (QED) is 0.779. The molecule has 0 aromatic heterocycles. The molecule has 0 saturated carbocycles. The fourth-order valence-electron chi connectivity index (χ4n) is 3.84. The molecule has 4 atom stereocenters. The van der Waals surface area contributed by atoms with E-state index in [0.717, 1.165) is 64.6 Å². The second-order valence-electron chi connectivity index (χ2n) is 6.25. The highest BCUT2D eigenvalue weighted by atomic mass is 16.8. The van der Waals surface area contributed by atoms with E-state index in [9.17, 15) is 0 Å². The van der Waals surface area contributed by atoms with Crippen molar-refractivity contribution in [2.75, 3.05) is 13.2 Å². The van der Waals surface area contributed by atoms with Crippen molar-refractivity contribution in [2.24, 2.45) is 0 Å². The van der Waals surface area contributed by atoms with Crippen molar-refractivity contribution in [3.05, 3.63) is 0 Å². The monoisotopic (exact) mass is 284 g/mol. The Morgan fingerprint density at radius 2 is 1.20 bits per heavy atom. The summed E-state index contributed by atoms with van der Waals surface area (Å²) in [4.78, 5) is 0. The van der Waals surface area contributed by atoms with Gasteiger partial charge in [-0.25, -0.2) is 0 Å². The van der Waals surface area contributed by atoms with Crippen LogP contribution in [0.15, 0.2) is 0 Å². The summed E-state index contributed by atoms with van der Waals surface area (Å²) in [5.41, 5.74) is 0. The minimum atomic E-state index is -0.669. The molecule has 3 aliphatic rings. The second kappa shape index (κ2) is 5.91. The van der Waals surface area contributed by atoms with Gasteiger partial charge >= 0.3 is 0 Å². The van der Waals surface area contributed by atoms with Crippen molar-refractivity contribution in [3.63, 3.8) is 0 Å². The zero-order valence-corrected chi connectivity index (χ0v) is 12.9. The Hall–Kier alpha value is -0.160. The van der Waals surface area contributed by atoms with E-state index < -0.39 is 11.6 Å². The van der Waals surface area contributed by atoms with Crippen molar-refractivity contribution in [3.8, 4) is 0 Å². The van der Waals surface area contributed by atoms with Crippen LogP contribution < -0.4 is 0 Å². The van der Waals surface area contributed by atoms with Crippen LogP contribution in [0.25, 0.3) is 0 Å². The lowest BCUT2D eigenvalue weighted by molar-refractivity contribution is -0.481. The molecule has 0 aliphatic carbocycles. The van der Waals surface area contributed by atoms with E-state index in [4.69, 9.17) is 18.9 Å². The maximum atomic E-state index is 6.49. The molecular formula is C16H28O4. The summed E-state index contributed by atoms with van der Waals surface area (Å²) in [6.45, 7) is 5.82. The second-order valence-corrected chi connectivity index (χ2v) is 6.25. The van der Waals surface area contributed by atoms with Crippen LogP contribution in [0.3, 0.4) is 0 Å². The molecule has 0 aromatic carbocycles. The van der Waals surface area contributed by atoms with Crippen LogP contribution in [0.5, 0.6) is 0 Å². The van der Waals surface area contributed by atoms with E-state index in [-0.39, 0.29) is 12.2 Å². The predicted octanol–water partition coefficient (Wildman–Crippen LogP) is 3.38. The molecule has 3 rings (SSSR count). The maximum Gasteiger partial charge on any atom is 0.224 e. The lowest BCUT2D eigenvalue weighted by Gasteiger charge is -2.58. The van der Waals surface area contributed by atoms with Crippen LogP contribution in [0.1, 0.15) is 65.2 Å². The van der Waals surface area contributed by atoms with Gasteiger partial charge in [0.1, 0.15) is 0 Å². The van der Waals surface area contributed by atoms with Crippen LogP contribution >= 0.6 is 0 Å². The van der Waals surface area contributed by atoms with Crippen molar-refractivity contribution >= 4 is 0 Å². The minimum absolute atomic E-state index is 0.120. The third-order valence-electron chi connectivity index (χ3n) is 4.95. The zero-order valence-electron chi connectivity index (χ0n) is 12.9. The first kappa shape index (κ1) is 14.8. The van der Waals surface area contributed by atoms with Gasteiger partial charge < -0.3 is 18.9 Å². The first-order chi connectivity index (χ1) is 9.75. The van der Waals surface area contributed by atoms with Gasteiger partial charge in [0, 0.05) is 12.8 Å². The Labute approximate surface area is 122 Å². The Morgan fingerprint density at radius 1 is 0.750 bits per heavy atom. The summed E-state index contributed by atoms with van der Waals surface area (Å²) in [5, 5.41) is 0. The molecule has 3 aliphatic heterocycles. The van der Waals surface area contributed by atoms with Gasteiger partial charge in [-0.15, -0.1) is 0 Å². The first-order valence-electron chi connectivity index (χ1n) is 8.39. The Balaban J connectivity index is 1.90. The molecule has 0 amide bonds. The molecule has 3 saturated heterocycles. The van der Waals surface area contributed by atoms with Crippen LogP contribution in [0.2, 0.25) is 0 Å². The fraction of sp³-hybridized carbons (Fsp3) is 1.00. The summed E-state index contributed by atoms with van der Waals surface area (Å²) in [5.74, 6) is -1.34. The van der Waals surface area contributed by atoms with Gasteiger partial charge in [-0.3, -0.25) is 0 Å². The molecule has 116 valence electrons. The number of fused-ring (bicyclic) bond motifs is 1. The van der Waals surface area contributed by atoms with Crippen LogP contribution in [0, 0.1) is 0 Å². The molecule has 2 spiro atoms. The normalized spacial score (nSPS) is 45.9. The number of hydrogen-bond acceptors (Lipinski definition) is 4. The summed E-state index contributed by atoms with van der Waals surface area (Å²) in [6, 6.07) is 0. The van der Waals surface area contributed by atoms with E-state index >= 15 is 0 Å². The molecule has 2 unspecified atom stereocenters. The number of rotatable bonds is 2. The van der Waals surface area contributed by atoms with Crippen LogP contribution in [0.4, 0.5) is 0 Å². The topological polar surface area (TPSA) is 36.9 Å². The molecule has 0 N–H and O–H groups in total. The highest BCUT2D eigenvalue weighted by molar-refractivity contribution is 4.98. The zero-order chi connectivity index (χ0) is 14.1. The molecule has 3 fully saturated rings. The van der Waals surface area contributed by atoms with E-state index in [2.05, 4.69) is 13.8 Å². The van der Waals surface area contributed by atoms with Crippen LogP contribution in [-0.2, 0) is 18.9 Å². The summed E-state index contributed by atoms with van der Waals surface area (Å²) >= 11 is 0. The Kier molecular flexibility index (Phi) is 4.37. The van der Waals surface area contributed by atoms with Gasteiger partial charge in [0.15, 0.2) is 0 Å². The molecule has 4 nitrogen and oxygen atoms in total. The largest absolute Gasteiger partial charge is 0.345 e. The SMILES string of the molecule is CCC1OC2(CCCCO2)[C@@]2(CCCCO2)O[C@H]1CC. The predicted molar refractivity (Wildman–Crippen MR) is 75.4 cm³/mol. The van der Waals surface area contributed by atoms with E-state index in [0.29, 0.717) is 0 Å². The standard InChI is InChI=1S/C16H28O4/c1-3-13-14(4-2)20-16(10-6-8-12-18-16)15(19-13)9-5-7-11-17-15/h13-14H,3-12H2,1-2H3/t13-,14?,15+,16?/m0/s1. The van der Waals surface area contributed by atoms with Gasteiger partial charge in [-0.2, -0.15) is 0 Å². The Bertz CT molecular complexity index is 286. The van der Waals surface area contributed by atoms with Crippen molar-refractivity contribution in [1.29, 1.82) is 0 Å². The average Bonchev–Trinajstić information content (AvgIpc) is 2.52. The van der Waals surface area contributed by atoms with Gasteiger partial charge in [0.05, 0.1) is 25.4 Å². The molecule has 4 heteroatoms. The third kappa shape index (κ3) is 2.31. The molecule has 20 heavy (non-hydrogen) atoms. The highest BCUT2D eigenvalue weighted by Gasteiger charge is 2.62. The van der Waals surface area contributed by atoms with Crippen molar-refractivity contribution < 1.29 is 18.9 Å². The lowest BCUT2D eigenvalue weighted by atomic mass is 9.87. The molecule has 0 aromatic rings. The smallest absolute Gasteiger partial charge is 0.224 e. The Morgan fingerprint density at radius 3 is 1.50 bits per heavy atom. The summed E-state index contributed by atoms with van der Waals surface area (Å²) in [7, 11) is 0. The third-order valence-corrected chi connectivity index (χ3v) is 4.95. The van der Waals surface area contributed by atoms with Gasteiger partial charge in [0.2, 0.25) is 11.6 Å². The van der Waals surface area contributed by atoms with E-state index in [1.165, 1.54) is 0 Å². The van der Waals surface area contributed by atoms with Crippen molar-refractivity contribution in [2.45, 2.75) is 89.0 Å². The number of ether oxygens (including phenoxy) is 4. The van der Waals surface area contributed by atoms with Crippen LogP contribution in [-0.4, -0.2) is 37.0 Å². The number of hydrogen-bond donors (Lipinski definition) is 0. The summed E-state index contributed by atoms with van der Waals surface area (Å²) in [6.07, 6.45) is 8.40. The first-order valence-corrected chi connectivity index (χ1v) is 8.39. The summed E-state index contributed by atoms with van der Waals surface area (Å²) < 4.78 is 25.3. The minimum Gasteiger partial charge on any atom is -0.345 e. The molecule has 3 heterocycles. The highest BCUT2D eigenvalue weighted by Crippen LogP contribution is 2.49. The average molecular weight is 284 g/mol. The van der Waals surface area contributed by atoms with Crippen molar-refractivity contribution in [1.82, 2.24) is 0 Å². The maximum absolute atomic E-state index is 6.49. The van der Waals surface area contributed by atoms with E-state index in [1.54, 1.807) is 0 Å². The fourth-order valence-corrected chi connectivity index (χ4v) is 3.84. The molecule has 0 bridgehead atoms. The van der Waals surface area contributed by atoms with Gasteiger partial charge in [-0.1, -0.05) is 13.8 Å². The van der Waals surface area contributed by atoms with Gasteiger partial charge in [0.25, 0.3) is 0 Å².